The van der Waals surface area contributed by atoms with Crippen molar-refractivity contribution in [2.45, 2.75) is 57.2 Å². The quantitative estimate of drug-likeness (QED) is 0.744. The van der Waals surface area contributed by atoms with Crippen molar-refractivity contribution in [1.29, 1.82) is 0 Å². The molecule has 0 radical (unpaired) electrons. The molecule has 4 aliphatic rings. The number of fused-ring (bicyclic) bond motifs is 4. The van der Waals surface area contributed by atoms with Crippen molar-refractivity contribution in [3.63, 3.8) is 0 Å². The van der Waals surface area contributed by atoms with Crippen LogP contribution >= 0.6 is 0 Å². The predicted molar refractivity (Wildman–Crippen MR) is 128 cm³/mol. The zero-order valence-electron chi connectivity index (χ0n) is 19.6. The van der Waals surface area contributed by atoms with E-state index in [1.165, 1.54) is 16.5 Å². The smallest absolute Gasteiger partial charge is 0.221 e. The Morgan fingerprint density at radius 2 is 2.09 bits per heavy atom. The number of hydrogen-bond donors (Lipinski definition) is 1. The third kappa shape index (κ3) is 3.15. The second kappa shape index (κ2) is 7.77. The van der Waals surface area contributed by atoms with Gasteiger partial charge in [0.1, 0.15) is 11.9 Å². The number of nitrogens with zero attached hydrogens (tertiary/aromatic N) is 1. The second-order valence-corrected chi connectivity index (χ2v) is 10.6. The summed E-state index contributed by atoms with van der Waals surface area (Å²) >= 11 is 0. The molecule has 1 aromatic carbocycles. The molecule has 2 N–H and O–H groups in total. The lowest BCUT2D eigenvalue weighted by molar-refractivity contribution is -0.127. The van der Waals surface area contributed by atoms with E-state index in [0.29, 0.717) is 17.8 Å². The number of primary amides is 1. The summed E-state index contributed by atoms with van der Waals surface area (Å²) in [6.45, 7) is 2.38. The molecule has 2 fully saturated rings. The van der Waals surface area contributed by atoms with E-state index in [0.717, 1.165) is 24.6 Å². The minimum absolute atomic E-state index is 0.0107. The first-order valence-electron chi connectivity index (χ1n) is 12.2. The highest BCUT2D eigenvalue weighted by Gasteiger charge is 2.59. The maximum absolute atomic E-state index is 12.7. The molecule has 0 saturated heterocycles. The van der Waals surface area contributed by atoms with Gasteiger partial charge in [-0.2, -0.15) is 0 Å². The SMILES string of the molecule is CO[C@@H]1C[C@H]2[C@@H]3OC4=C(C=C3CC[C@]2(C)[C@H]1c1ccc2cnccc2c1)C(=O)CC(C(N)=O)C4. The molecule has 6 heteroatoms. The first-order chi connectivity index (χ1) is 16.4. The molecule has 2 aromatic rings. The van der Waals surface area contributed by atoms with Crippen molar-refractivity contribution in [2.75, 3.05) is 7.11 Å². The minimum atomic E-state index is -0.480. The van der Waals surface area contributed by atoms with E-state index < -0.39 is 11.8 Å². The third-order valence-electron chi connectivity index (χ3n) is 8.89. The fourth-order valence-corrected chi connectivity index (χ4v) is 7.08. The van der Waals surface area contributed by atoms with Crippen LogP contribution in [0.3, 0.4) is 0 Å². The lowest BCUT2D eigenvalue weighted by Gasteiger charge is -2.48. The van der Waals surface area contributed by atoms with Gasteiger partial charge >= 0.3 is 0 Å². The minimum Gasteiger partial charge on any atom is -0.489 e. The van der Waals surface area contributed by atoms with Crippen molar-refractivity contribution in [1.82, 2.24) is 4.98 Å². The van der Waals surface area contributed by atoms with Crippen molar-refractivity contribution < 1.29 is 19.1 Å². The van der Waals surface area contributed by atoms with E-state index in [1.807, 2.05) is 12.4 Å². The zero-order valence-corrected chi connectivity index (χ0v) is 19.6. The first kappa shape index (κ1) is 21.5. The molecule has 6 nitrogen and oxygen atoms in total. The number of benzene rings is 1. The highest BCUT2D eigenvalue weighted by Crippen LogP contribution is 2.62. The van der Waals surface area contributed by atoms with Crippen LogP contribution in [0.5, 0.6) is 0 Å². The molecule has 2 saturated carbocycles. The number of methoxy groups -OCH3 is 1. The van der Waals surface area contributed by atoms with Crippen LogP contribution in [0.2, 0.25) is 0 Å². The van der Waals surface area contributed by atoms with Crippen LogP contribution < -0.4 is 5.73 Å². The van der Waals surface area contributed by atoms with Crippen molar-refractivity contribution in [3.8, 4) is 0 Å². The van der Waals surface area contributed by atoms with Gasteiger partial charge in [0.25, 0.3) is 0 Å². The van der Waals surface area contributed by atoms with Crippen LogP contribution in [0.1, 0.15) is 50.5 Å². The number of ether oxygens (including phenoxy) is 2. The Bertz CT molecular complexity index is 1260. The Labute approximate surface area is 199 Å². The number of nitrogens with two attached hydrogens (primary N) is 1. The van der Waals surface area contributed by atoms with Gasteiger partial charge in [0.15, 0.2) is 5.78 Å². The van der Waals surface area contributed by atoms with Gasteiger partial charge in [0.05, 0.1) is 17.6 Å². The topological polar surface area (TPSA) is 91.5 Å². The lowest BCUT2D eigenvalue weighted by atomic mass is 9.61. The maximum Gasteiger partial charge on any atom is 0.221 e. The molecule has 6 rings (SSSR count). The number of ketones is 1. The van der Waals surface area contributed by atoms with Gasteiger partial charge in [-0.15, -0.1) is 0 Å². The Morgan fingerprint density at radius 1 is 1.24 bits per heavy atom. The van der Waals surface area contributed by atoms with Gasteiger partial charge in [-0.25, -0.2) is 0 Å². The maximum atomic E-state index is 12.7. The largest absolute Gasteiger partial charge is 0.489 e. The molecule has 3 aliphatic carbocycles. The van der Waals surface area contributed by atoms with Crippen LogP contribution in [0.15, 0.2) is 59.6 Å². The van der Waals surface area contributed by atoms with E-state index >= 15 is 0 Å². The average Bonchev–Trinajstić information content (AvgIpc) is 3.15. The van der Waals surface area contributed by atoms with E-state index in [2.05, 4.69) is 42.2 Å². The summed E-state index contributed by atoms with van der Waals surface area (Å²) in [6.07, 6.45) is 9.18. The van der Waals surface area contributed by atoms with E-state index in [1.54, 1.807) is 7.11 Å². The number of hydrogen-bond acceptors (Lipinski definition) is 5. The van der Waals surface area contributed by atoms with Crippen molar-refractivity contribution >= 4 is 22.5 Å². The molecule has 1 amide bonds. The molecular weight excluding hydrogens is 428 g/mol. The van der Waals surface area contributed by atoms with Crippen LogP contribution in [-0.2, 0) is 19.1 Å². The number of carbonyl (C=O) groups excluding carboxylic acids is 2. The van der Waals surface area contributed by atoms with Gasteiger partial charge in [-0.05, 0) is 53.3 Å². The average molecular weight is 459 g/mol. The third-order valence-corrected chi connectivity index (χ3v) is 8.89. The summed E-state index contributed by atoms with van der Waals surface area (Å²) in [5, 5.41) is 2.32. The normalized spacial score (nSPS) is 34.7. The zero-order chi connectivity index (χ0) is 23.6. The number of amides is 1. The van der Waals surface area contributed by atoms with E-state index in [9.17, 15) is 9.59 Å². The Balaban J connectivity index is 1.36. The fraction of sp³-hybridized carbons (Fsp3) is 0.464. The molecule has 1 unspecified atom stereocenters. The van der Waals surface area contributed by atoms with Gasteiger partial charge in [0, 0.05) is 49.6 Å². The predicted octanol–water partition coefficient (Wildman–Crippen LogP) is 4.20. The summed E-state index contributed by atoms with van der Waals surface area (Å²) in [4.78, 5) is 28.8. The number of aromatic nitrogens is 1. The number of pyridine rings is 1. The number of carbonyl (C=O) groups is 2. The summed E-state index contributed by atoms with van der Waals surface area (Å²) in [6, 6.07) is 8.72. The highest BCUT2D eigenvalue weighted by molar-refractivity contribution is 6.02. The molecule has 176 valence electrons. The first-order valence-corrected chi connectivity index (χ1v) is 12.2. The number of allylic oxidation sites excluding steroid dienone is 3. The Hall–Kier alpha value is -2.99. The lowest BCUT2D eigenvalue weighted by Crippen LogP contribution is -2.44. The van der Waals surface area contributed by atoms with Gasteiger partial charge in [-0.1, -0.05) is 25.1 Å². The van der Waals surface area contributed by atoms with Gasteiger partial charge in [0.2, 0.25) is 5.91 Å². The fourth-order valence-electron chi connectivity index (χ4n) is 7.08. The monoisotopic (exact) mass is 458 g/mol. The summed E-state index contributed by atoms with van der Waals surface area (Å²) < 4.78 is 12.7. The van der Waals surface area contributed by atoms with E-state index in [4.69, 9.17) is 15.2 Å². The Kier molecular flexibility index (Phi) is 4.92. The van der Waals surface area contributed by atoms with Crippen molar-refractivity contribution in [3.05, 3.63) is 65.2 Å². The molecule has 2 heterocycles. The molecule has 0 bridgehead atoms. The standard InChI is InChI=1S/C28H30N2O4/c1-28-7-5-17-10-20-22(31)11-19(27(29)32)12-23(20)34-26(17)21(28)13-24(33-2)25(28)16-3-4-18-14-30-8-6-15(18)9-16/h3-4,6,8-10,14,19,21,24-26H,5,7,11-13H2,1-2H3,(H2,29,32)/t19?,21-,24+,25-,26+,28-/m0/s1. The van der Waals surface area contributed by atoms with Crippen LogP contribution in [-0.4, -0.2) is 36.0 Å². The van der Waals surface area contributed by atoms with E-state index in [-0.39, 0.29) is 41.7 Å². The molecule has 0 spiro atoms. The van der Waals surface area contributed by atoms with Gasteiger partial charge < -0.3 is 15.2 Å². The molecule has 1 aliphatic heterocycles. The summed E-state index contributed by atoms with van der Waals surface area (Å²) in [5.41, 5.74) is 8.67. The number of rotatable bonds is 3. The summed E-state index contributed by atoms with van der Waals surface area (Å²) in [7, 11) is 1.81. The molecule has 1 aromatic heterocycles. The van der Waals surface area contributed by atoms with Crippen LogP contribution in [0, 0.1) is 17.3 Å². The Morgan fingerprint density at radius 3 is 2.88 bits per heavy atom. The number of Topliss-reactive ketones (excluding diaryl/α,β-unsaturated/α-hetero) is 1. The second-order valence-electron chi connectivity index (χ2n) is 10.6. The van der Waals surface area contributed by atoms with Crippen molar-refractivity contribution in [2.24, 2.45) is 23.0 Å². The highest BCUT2D eigenvalue weighted by atomic mass is 16.5. The molecule has 34 heavy (non-hydrogen) atoms. The molecule has 6 atom stereocenters. The van der Waals surface area contributed by atoms with Gasteiger partial charge in [-0.3, -0.25) is 14.6 Å². The summed E-state index contributed by atoms with van der Waals surface area (Å²) in [5.74, 6) is 0.202. The van der Waals surface area contributed by atoms with Crippen LogP contribution in [0.4, 0.5) is 0 Å². The van der Waals surface area contributed by atoms with Crippen LogP contribution in [0.25, 0.3) is 10.8 Å². The molecular formula is C28H30N2O4.